The Balaban J connectivity index is 2.14. The van der Waals surface area contributed by atoms with Gasteiger partial charge in [-0.3, -0.25) is 9.78 Å². The van der Waals surface area contributed by atoms with Crippen LogP contribution in [-0.4, -0.2) is 30.1 Å². The summed E-state index contributed by atoms with van der Waals surface area (Å²) in [6, 6.07) is 7.89. The van der Waals surface area contributed by atoms with E-state index in [9.17, 15) is 14.0 Å². The normalized spacial score (nSPS) is 11.7. The molecule has 132 valence electrons. The maximum Gasteiger partial charge on any atom is 0.340 e. The van der Waals surface area contributed by atoms with E-state index in [1.54, 1.807) is 38.1 Å². The molecule has 2 rings (SSSR count). The summed E-state index contributed by atoms with van der Waals surface area (Å²) in [7, 11) is 1.49. The molecule has 0 radical (unpaired) electrons. The topological polar surface area (TPSA) is 77.5 Å². The predicted molar refractivity (Wildman–Crippen MR) is 89.9 cm³/mol. The van der Waals surface area contributed by atoms with Gasteiger partial charge in [-0.1, -0.05) is 26.0 Å². The number of methoxy groups -OCH3 is 1. The largest absolute Gasteiger partial charge is 0.495 e. The number of rotatable bonds is 6. The summed E-state index contributed by atoms with van der Waals surface area (Å²) < 4.78 is 23.6. The molecule has 1 unspecified atom stereocenters. The lowest BCUT2D eigenvalue weighted by molar-refractivity contribution is -0.126. The van der Waals surface area contributed by atoms with Crippen LogP contribution in [0.4, 0.5) is 10.1 Å². The van der Waals surface area contributed by atoms with Crippen LogP contribution >= 0.6 is 0 Å². The zero-order valence-corrected chi connectivity index (χ0v) is 14.2. The highest BCUT2D eigenvalue weighted by Gasteiger charge is 2.28. The fourth-order valence-corrected chi connectivity index (χ4v) is 2.15. The van der Waals surface area contributed by atoms with Gasteiger partial charge in [-0.2, -0.15) is 0 Å². The molecule has 6 nitrogen and oxygen atoms in total. The molecule has 0 aliphatic carbocycles. The molecule has 0 saturated heterocycles. The first-order valence-corrected chi connectivity index (χ1v) is 7.67. The number of para-hydroxylation sites is 2. The third-order valence-corrected chi connectivity index (χ3v) is 3.40. The predicted octanol–water partition coefficient (Wildman–Crippen LogP) is 3.05. The molecule has 1 aromatic carbocycles. The number of carbonyl (C=O) groups is 2. The lowest BCUT2D eigenvalue weighted by Crippen LogP contribution is -2.36. The Morgan fingerprint density at radius 3 is 2.56 bits per heavy atom. The molecule has 1 amide bonds. The number of ether oxygens (including phenoxy) is 2. The minimum atomic E-state index is -1.05. The molecule has 0 fully saturated rings. The molecule has 1 atom stereocenters. The van der Waals surface area contributed by atoms with Crippen LogP contribution < -0.4 is 10.1 Å². The van der Waals surface area contributed by atoms with Crippen LogP contribution in [0.3, 0.4) is 0 Å². The molecule has 2 aromatic rings. The molecule has 0 aliphatic rings. The lowest BCUT2D eigenvalue weighted by atomic mass is 10.1. The van der Waals surface area contributed by atoms with Crippen molar-refractivity contribution in [2.75, 3.05) is 12.4 Å². The standard InChI is InChI=1S/C18H19FN2O4/c1-11(2)16(25-18(23)12-8-13(19)10-20-9-12)17(22)21-14-6-4-5-7-15(14)24-3/h4-11,16H,1-3H3,(H,21,22). The molecule has 0 saturated carbocycles. The number of amides is 1. The van der Waals surface area contributed by atoms with E-state index in [0.29, 0.717) is 11.4 Å². The van der Waals surface area contributed by atoms with Gasteiger partial charge in [-0.05, 0) is 24.1 Å². The van der Waals surface area contributed by atoms with Crippen molar-refractivity contribution in [3.63, 3.8) is 0 Å². The second-order valence-electron chi connectivity index (χ2n) is 5.65. The van der Waals surface area contributed by atoms with Gasteiger partial charge in [-0.15, -0.1) is 0 Å². The highest BCUT2D eigenvalue weighted by Crippen LogP contribution is 2.24. The van der Waals surface area contributed by atoms with Gasteiger partial charge < -0.3 is 14.8 Å². The van der Waals surface area contributed by atoms with Crippen molar-refractivity contribution in [1.29, 1.82) is 0 Å². The molecule has 1 aromatic heterocycles. The Kier molecular flexibility index (Phi) is 6.05. The second kappa shape index (κ2) is 8.23. The summed E-state index contributed by atoms with van der Waals surface area (Å²) in [6.07, 6.45) is 1.10. The van der Waals surface area contributed by atoms with Crippen molar-refractivity contribution in [2.24, 2.45) is 5.92 Å². The number of pyridine rings is 1. The zero-order valence-electron chi connectivity index (χ0n) is 14.2. The average molecular weight is 346 g/mol. The molecule has 0 aliphatic heterocycles. The van der Waals surface area contributed by atoms with Crippen LogP contribution in [0.25, 0.3) is 0 Å². The molecule has 0 bridgehead atoms. The number of halogens is 1. The summed E-state index contributed by atoms with van der Waals surface area (Å²) in [5.74, 6) is -1.79. The van der Waals surface area contributed by atoms with Crippen LogP contribution in [0.2, 0.25) is 0 Å². The number of esters is 1. The molecule has 1 heterocycles. The van der Waals surface area contributed by atoms with E-state index in [2.05, 4.69) is 10.3 Å². The van der Waals surface area contributed by atoms with E-state index in [1.807, 2.05) is 0 Å². The molecule has 25 heavy (non-hydrogen) atoms. The van der Waals surface area contributed by atoms with Crippen LogP contribution in [0.5, 0.6) is 5.75 Å². The number of aromatic nitrogens is 1. The van der Waals surface area contributed by atoms with E-state index in [0.717, 1.165) is 12.3 Å². The highest BCUT2D eigenvalue weighted by molar-refractivity contribution is 5.98. The van der Waals surface area contributed by atoms with Gasteiger partial charge in [0.1, 0.15) is 11.6 Å². The summed E-state index contributed by atoms with van der Waals surface area (Å²) in [5.41, 5.74) is 0.403. The first-order chi connectivity index (χ1) is 11.9. The number of carbonyl (C=O) groups excluding carboxylic acids is 2. The first kappa shape index (κ1) is 18.4. The van der Waals surface area contributed by atoms with Crippen molar-refractivity contribution < 1.29 is 23.5 Å². The third kappa shape index (κ3) is 4.76. The number of benzene rings is 1. The average Bonchev–Trinajstić information content (AvgIpc) is 2.59. The van der Waals surface area contributed by atoms with Crippen LogP contribution in [0, 0.1) is 11.7 Å². The Bertz CT molecular complexity index is 764. The van der Waals surface area contributed by atoms with Gasteiger partial charge in [0, 0.05) is 6.20 Å². The van der Waals surface area contributed by atoms with E-state index in [1.165, 1.54) is 13.3 Å². The second-order valence-corrected chi connectivity index (χ2v) is 5.65. The Morgan fingerprint density at radius 2 is 1.92 bits per heavy atom. The molecular weight excluding hydrogens is 327 g/mol. The summed E-state index contributed by atoms with van der Waals surface area (Å²) in [4.78, 5) is 28.3. The number of hydrogen-bond donors (Lipinski definition) is 1. The monoisotopic (exact) mass is 346 g/mol. The van der Waals surface area contributed by atoms with Crippen molar-refractivity contribution in [3.8, 4) is 5.75 Å². The maximum atomic E-state index is 13.2. The Labute approximate surface area is 145 Å². The van der Waals surface area contributed by atoms with E-state index < -0.39 is 23.8 Å². The van der Waals surface area contributed by atoms with Crippen molar-refractivity contribution in [1.82, 2.24) is 4.98 Å². The molecule has 7 heteroatoms. The Morgan fingerprint density at radius 1 is 1.20 bits per heavy atom. The SMILES string of the molecule is COc1ccccc1NC(=O)C(OC(=O)c1cncc(F)c1)C(C)C. The van der Waals surface area contributed by atoms with Gasteiger partial charge >= 0.3 is 5.97 Å². The van der Waals surface area contributed by atoms with Crippen molar-refractivity contribution >= 4 is 17.6 Å². The number of anilines is 1. The van der Waals surface area contributed by atoms with E-state index >= 15 is 0 Å². The number of nitrogens with one attached hydrogen (secondary N) is 1. The lowest BCUT2D eigenvalue weighted by Gasteiger charge is -2.21. The van der Waals surface area contributed by atoms with Crippen LogP contribution in [0.1, 0.15) is 24.2 Å². The summed E-state index contributed by atoms with van der Waals surface area (Å²) >= 11 is 0. The number of nitrogens with zero attached hydrogens (tertiary/aromatic N) is 1. The van der Waals surface area contributed by atoms with Gasteiger partial charge in [0.05, 0.1) is 24.6 Å². The molecular formula is C18H19FN2O4. The van der Waals surface area contributed by atoms with Crippen LogP contribution in [-0.2, 0) is 9.53 Å². The first-order valence-electron chi connectivity index (χ1n) is 7.67. The van der Waals surface area contributed by atoms with Gasteiger partial charge in [-0.25, -0.2) is 9.18 Å². The smallest absolute Gasteiger partial charge is 0.340 e. The summed E-state index contributed by atoms with van der Waals surface area (Å²) in [6.45, 7) is 3.48. The fourth-order valence-electron chi connectivity index (χ4n) is 2.15. The van der Waals surface area contributed by atoms with E-state index in [4.69, 9.17) is 9.47 Å². The summed E-state index contributed by atoms with van der Waals surface area (Å²) in [5, 5.41) is 2.68. The minimum absolute atomic E-state index is 0.0595. The fraction of sp³-hybridized carbons (Fsp3) is 0.278. The minimum Gasteiger partial charge on any atom is -0.495 e. The van der Waals surface area contributed by atoms with Gasteiger partial charge in [0.2, 0.25) is 0 Å². The van der Waals surface area contributed by atoms with E-state index in [-0.39, 0.29) is 11.5 Å². The third-order valence-electron chi connectivity index (χ3n) is 3.40. The van der Waals surface area contributed by atoms with Gasteiger partial charge in [0.25, 0.3) is 5.91 Å². The van der Waals surface area contributed by atoms with Crippen molar-refractivity contribution in [2.45, 2.75) is 20.0 Å². The van der Waals surface area contributed by atoms with Gasteiger partial charge in [0.15, 0.2) is 6.10 Å². The van der Waals surface area contributed by atoms with Crippen LogP contribution in [0.15, 0.2) is 42.7 Å². The van der Waals surface area contributed by atoms with Crippen molar-refractivity contribution in [3.05, 3.63) is 54.1 Å². The zero-order chi connectivity index (χ0) is 18.4. The molecule has 0 spiro atoms. The maximum absolute atomic E-state index is 13.2. The highest BCUT2D eigenvalue weighted by atomic mass is 19.1. The number of hydrogen-bond acceptors (Lipinski definition) is 5. The molecule has 1 N–H and O–H groups in total. The quantitative estimate of drug-likeness (QED) is 0.814. The Hall–Kier alpha value is -2.96.